The van der Waals surface area contributed by atoms with E-state index >= 15 is 0 Å². The number of hydrogen-bond donors (Lipinski definition) is 2. The summed E-state index contributed by atoms with van der Waals surface area (Å²) in [6, 6.07) is 9.94. The molecule has 22 heavy (non-hydrogen) atoms. The molecule has 6 nitrogen and oxygen atoms in total. The molecule has 0 fully saturated rings. The highest BCUT2D eigenvalue weighted by molar-refractivity contribution is 6.29. The van der Waals surface area contributed by atoms with Gasteiger partial charge in [-0.3, -0.25) is 9.59 Å². The monoisotopic (exact) mass is 290 g/mol. The zero-order valence-corrected chi connectivity index (χ0v) is 11.3. The molecular formula is C16H10N4O2. The number of benzene rings is 1. The van der Waals surface area contributed by atoms with E-state index in [0.29, 0.717) is 0 Å². The van der Waals surface area contributed by atoms with Crippen LogP contribution in [0.3, 0.4) is 0 Å². The second-order valence-electron chi connectivity index (χ2n) is 5.16. The minimum Gasteiger partial charge on any atom is -0.398 e. The van der Waals surface area contributed by atoms with Crippen LogP contribution in [0.2, 0.25) is 0 Å². The van der Waals surface area contributed by atoms with Crippen molar-refractivity contribution in [2.45, 2.75) is 5.54 Å². The molecule has 0 amide bonds. The van der Waals surface area contributed by atoms with Crippen LogP contribution < -0.4 is 11.5 Å². The van der Waals surface area contributed by atoms with Gasteiger partial charge in [-0.1, -0.05) is 24.3 Å². The lowest BCUT2D eigenvalue weighted by atomic mass is 9.67. The first-order valence-electron chi connectivity index (χ1n) is 6.46. The smallest absolute Gasteiger partial charge is 0.196 e. The molecular weight excluding hydrogens is 280 g/mol. The Labute approximate surface area is 125 Å². The van der Waals surface area contributed by atoms with Crippen molar-refractivity contribution in [3.05, 3.63) is 58.3 Å². The number of hydrogen-bond acceptors (Lipinski definition) is 6. The van der Waals surface area contributed by atoms with Crippen molar-refractivity contribution in [1.82, 2.24) is 0 Å². The Morgan fingerprint density at radius 3 is 2.23 bits per heavy atom. The van der Waals surface area contributed by atoms with E-state index in [2.05, 4.69) is 0 Å². The molecule has 0 aliphatic heterocycles. The molecule has 4 N–H and O–H groups in total. The Balaban J connectivity index is 2.37. The Morgan fingerprint density at radius 1 is 1.09 bits per heavy atom. The molecule has 1 aromatic carbocycles. The number of ketones is 2. The standard InChI is InChI=1S/C16H10N4O2/c17-6-8-5-11(19)12-13(16(8,20)7-18)15(22)10-4-2-1-3-9(10)14(12)21/h1-5,8H,19-20H2. The fourth-order valence-electron chi connectivity index (χ4n) is 2.86. The van der Waals surface area contributed by atoms with Gasteiger partial charge in [-0.2, -0.15) is 10.5 Å². The molecule has 0 saturated carbocycles. The highest BCUT2D eigenvalue weighted by Crippen LogP contribution is 2.40. The van der Waals surface area contributed by atoms with Crippen LogP contribution >= 0.6 is 0 Å². The van der Waals surface area contributed by atoms with Crippen molar-refractivity contribution in [2.24, 2.45) is 17.4 Å². The Bertz CT molecular complexity index is 882. The highest BCUT2D eigenvalue weighted by atomic mass is 16.1. The molecule has 0 saturated heterocycles. The zero-order valence-electron chi connectivity index (χ0n) is 11.3. The summed E-state index contributed by atoms with van der Waals surface area (Å²) in [7, 11) is 0. The molecule has 2 atom stereocenters. The van der Waals surface area contributed by atoms with Crippen LogP contribution in [-0.4, -0.2) is 17.1 Å². The van der Waals surface area contributed by atoms with Gasteiger partial charge in [-0.15, -0.1) is 0 Å². The summed E-state index contributed by atoms with van der Waals surface area (Å²) >= 11 is 0. The third-order valence-electron chi connectivity index (χ3n) is 3.98. The molecule has 2 aliphatic rings. The summed E-state index contributed by atoms with van der Waals surface area (Å²) in [6.45, 7) is 0. The van der Waals surface area contributed by atoms with Crippen molar-refractivity contribution < 1.29 is 9.59 Å². The second kappa shape index (κ2) is 4.39. The largest absolute Gasteiger partial charge is 0.398 e. The lowest BCUT2D eigenvalue weighted by Crippen LogP contribution is -2.53. The Morgan fingerprint density at radius 2 is 1.68 bits per heavy atom. The van der Waals surface area contributed by atoms with E-state index in [4.69, 9.17) is 11.5 Å². The normalized spacial score (nSPS) is 26.5. The molecule has 0 spiro atoms. The van der Waals surface area contributed by atoms with Gasteiger partial charge >= 0.3 is 0 Å². The lowest BCUT2D eigenvalue weighted by molar-refractivity contribution is 0.0963. The molecule has 2 aliphatic carbocycles. The number of rotatable bonds is 0. The number of nitrogens with zero attached hydrogens (tertiary/aromatic N) is 2. The maximum Gasteiger partial charge on any atom is 0.196 e. The topological polar surface area (TPSA) is 134 Å². The third-order valence-corrected chi connectivity index (χ3v) is 3.98. The summed E-state index contributed by atoms with van der Waals surface area (Å²) in [6.07, 6.45) is 1.27. The van der Waals surface area contributed by atoms with E-state index in [1.165, 1.54) is 18.2 Å². The molecule has 0 aromatic heterocycles. The summed E-state index contributed by atoms with van der Waals surface area (Å²) in [4.78, 5) is 25.4. The average molecular weight is 290 g/mol. The first kappa shape index (κ1) is 13.7. The summed E-state index contributed by atoms with van der Waals surface area (Å²) in [5.74, 6) is -2.09. The number of carbonyl (C=O) groups excluding carboxylic acids is 2. The van der Waals surface area contributed by atoms with Gasteiger partial charge in [0.05, 0.1) is 17.7 Å². The fraction of sp³-hybridized carbons (Fsp3) is 0.125. The minimum atomic E-state index is -1.90. The summed E-state index contributed by atoms with van der Waals surface area (Å²) in [5, 5.41) is 18.6. The number of fused-ring (bicyclic) bond motifs is 1. The lowest BCUT2D eigenvalue weighted by Gasteiger charge is -2.35. The molecule has 1 aromatic rings. The van der Waals surface area contributed by atoms with Crippen LogP contribution in [0.4, 0.5) is 0 Å². The van der Waals surface area contributed by atoms with Crippen LogP contribution in [0.1, 0.15) is 20.7 Å². The molecule has 0 bridgehead atoms. The van der Waals surface area contributed by atoms with Gasteiger partial charge in [0.2, 0.25) is 0 Å². The predicted octanol–water partition coefficient (Wildman–Crippen LogP) is 0.579. The predicted molar refractivity (Wildman–Crippen MR) is 76.0 cm³/mol. The van der Waals surface area contributed by atoms with Crippen LogP contribution in [-0.2, 0) is 0 Å². The van der Waals surface area contributed by atoms with Crippen molar-refractivity contribution in [2.75, 3.05) is 0 Å². The van der Waals surface area contributed by atoms with Crippen LogP contribution in [0, 0.1) is 28.6 Å². The minimum absolute atomic E-state index is 0.00530. The molecule has 6 heteroatoms. The first-order chi connectivity index (χ1) is 10.5. The molecule has 0 heterocycles. The number of Topliss-reactive ketones (excluding diaryl/α,β-unsaturated/α-hetero) is 2. The SMILES string of the molecule is N#CC1C=C(N)C2=C(C(=O)c3ccccc3C2=O)C1(N)C#N. The van der Waals surface area contributed by atoms with Gasteiger partial charge in [-0.25, -0.2) is 0 Å². The molecule has 0 radical (unpaired) electrons. The molecule has 106 valence electrons. The van der Waals surface area contributed by atoms with Gasteiger partial charge < -0.3 is 11.5 Å². The Hall–Kier alpha value is -3.22. The van der Waals surface area contributed by atoms with Crippen molar-refractivity contribution in [3.63, 3.8) is 0 Å². The summed E-state index contributed by atoms with van der Waals surface area (Å²) < 4.78 is 0. The van der Waals surface area contributed by atoms with Crippen LogP contribution in [0.5, 0.6) is 0 Å². The van der Waals surface area contributed by atoms with E-state index in [9.17, 15) is 20.1 Å². The van der Waals surface area contributed by atoms with Crippen molar-refractivity contribution in [3.8, 4) is 12.1 Å². The number of nitriles is 2. The van der Waals surface area contributed by atoms with E-state index < -0.39 is 23.0 Å². The van der Waals surface area contributed by atoms with Gasteiger partial charge in [0.15, 0.2) is 17.1 Å². The summed E-state index contributed by atoms with van der Waals surface area (Å²) in [5.41, 5.74) is 10.1. The quantitative estimate of drug-likeness (QED) is 0.717. The molecule has 2 unspecified atom stereocenters. The highest BCUT2D eigenvalue weighted by Gasteiger charge is 2.50. The zero-order chi connectivity index (χ0) is 16.1. The van der Waals surface area contributed by atoms with Crippen molar-refractivity contribution in [1.29, 1.82) is 10.5 Å². The van der Waals surface area contributed by atoms with Gasteiger partial charge in [0, 0.05) is 22.4 Å². The van der Waals surface area contributed by atoms with Crippen molar-refractivity contribution >= 4 is 11.6 Å². The fourth-order valence-corrected chi connectivity index (χ4v) is 2.86. The van der Waals surface area contributed by atoms with Gasteiger partial charge in [0.1, 0.15) is 5.92 Å². The maximum absolute atomic E-state index is 12.7. The second-order valence-corrected chi connectivity index (χ2v) is 5.16. The van der Waals surface area contributed by atoms with E-state index in [1.54, 1.807) is 12.1 Å². The maximum atomic E-state index is 12.7. The van der Waals surface area contributed by atoms with Gasteiger partial charge in [0.25, 0.3) is 0 Å². The Kier molecular flexibility index (Phi) is 2.74. The third kappa shape index (κ3) is 1.50. The van der Waals surface area contributed by atoms with Crippen LogP contribution in [0.15, 0.2) is 47.2 Å². The van der Waals surface area contributed by atoms with Gasteiger partial charge in [-0.05, 0) is 6.08 Å². The van der Waals surface area contributed by atoms with Crippen LogP contribution in [0.25, 0.3) is 0 Å². The first-order valence-corrected chi connectivity index (χ1v) is 6.46. The van der Waals surface area contributed by atoms with E-state index in [-0.39, 0.29) is 28.0 Å². The molecule has 3 rings (SSSR count). The number of allylic oxidation sites excluding steroid dienone is 1. The average Bonchev–Trinajstić information content (AvgIpc) is 2.54. The number of nitrogens with two attached hydrogens (primary N) is 2. The van der Waals surface area contributed by atoms with E-state index in [0.717, 1.165) is 0 Å². The van der Waals surface area contributed by atoms with E-state index in [1.807, 2.05) is 12.1 Å². The number of carbonyl (C=O) groups is 2.